The van der Waals surface area contributed by atoms with Gasteiger partial charge in [0, 0.05) is 23.3 Å². The van der Waals surface area contributed by atoms with Gasteiger partial charge in [-0.05, 0) is 24.3 Å². The van der Waals surface area contributed by atoms with Crippen LogP contribution in [-0.2, 0) is 13.1 Å². The molecule has 8 nitrogen and oxygen atoms in total. The number of hydrogen-bond donors (Lipinski definition) is 1. The summed E-state index contributed by atoms with van der Waals surface area (Å²) in [6.07, 6.45) is 5.05. The van der Waals surface area contributed by atoms with Crippen molar-refractivity contribution in [3.63, 3.8) is 0 Å². The van der Waals surface area contributed by atoms with Gasteiger partial charge in [-0.25, -0.2) is 19.7 Å². The van der Waals surface area contributed by atoms with Gasteiger partial charge in [-0.3, -0.25) is 0 Å². The molecule has 0 saturated carbocycles. The highest BCUT2D eigenvalue weighted by molar-refractivity contribution is 6.35. The summed E-state index contributed by atoms with van der Waals surface area (Å²) in [4.78, 5) is 24.7. The SMILES string of the molecule is O=C(O)c1cc2c3c(c1)nc(-c1cc4cccc(Cl)c4n1Cc1cncnc1)n3CCO2. The number of benzene rings is 2. The van der Waals surface area contributed by atoms with E-state index < -0.39 is 5.97 Å². The van der Waals surface area contributed by atoms with Crippen molar-refractivity contribution < 1.29 is 14.6 Å². The maximum atomic E-state index is 11.6. The van der Waals surface area contributed by atoms with E-state index in [0.29, 0.717) is 36.0 Å². The fraction of sp³-hybridized carbons (Fsp3) is 0.130. The van der Waals surface area contributed by atoms with Crippen LogP contribution in [0.15, 0.2) is 55.1 Å². The van der Waals surface area contributed by atoms with Crippen LogP contribution in [0.4, 0.5) is 0 Å². The fourth-order valence-electron chi connectivity index (χ4n) is 4.35. The zero-order valence-corrected chi connectivity index (χ0v) is 17.5. The minimum Gasteiger partial charge on any atom is -0.489 e. The van der Waals surface area contributed by atoms with E-state index in [-0.39, 0.29) is 5.56 Å². The van der Waals surface area contributed by atoms with Crippen LogP contribution in [0.1, 0.15) is 15.9 Å². The summed E-state index contributed by atoms with van der Waals surface area (Å²) in [5.74, 6) is 0.247. The second-order valence-electron chi connectivity index (χ2n) is 7.62. The van der Waals surface area contributed by atoms with Gasteiger partial charge in [0.05, 0.1) is 40.4 Å². The van der Waals surface area contributed by atoms with Crippen molar-refractivity contribution in [1.82, 2.24) is 24.1 Å². The molecule has 0 saturated heterocycles. The molecule has 0 unspecified atom stereocenters. The number of aromatic nitrogens is 5. The molecule has 0 atom stereocenters. The van der Waals surface area contributed by atoms with Crippen LogP contribution in [-0.4, -0.2) is 41.8 Å². The second-order valence-corrected chi connectivity index (χ2v) is 8.03. The molecule has 1 N–H and O–H groups in total. The number of ether oxygens (including phenoxy) is 1. The maximum Gasteiger partial charge on any atom is 0.335 e. The van der Waals surface area contributed by atoms with Crippen LogP contribution >= 0.6 is 11.6 Å². The van der Waals surface area contributed by atoms with Crippen molar-refractivity contribution in [3.8, 4) is 17.3 Å². The smallest absolute Gasteiger partial charge is 0.335 e. The lowest BCUT2D eigenvalue weighted by Gasteiger charge is -2.19. The van der Waals surface area contributed by atoms with Gasteiger partial charge in [0.1, 0.15) is 24.2 Å². The summed E-state index contributed by atoms with van der Waals surface area (Å²) in [6, 6.07) is 11.0. The summed E-state index contributed by atoms with van der Waals surface area (Å²) in [6.45, 7) is 1.55. The molecule has 2 aromatic carbocycles. The van der Waals surface area contributed by atoms with Gasteiger partial charge in [-0.1, -0.05) is 23.7 Å². The Morgan fingerprint density at radius 2 is 2.00 bits per heavy atom. The molecule has 0 amide bonds. The molecule has 0 aliphatic carbocycles. The Kier molecular flexibility index (Phi) is 4.16. The zero-order valence-electron chi connectivity index (χ0n) is 16.7. The molecule has 158 valence electrons. The monoisotopic (exact) mass is 445 g/mol. The Bertz CT molecular complexity index is 1520. The van der Waals surface area contributed by atoms with Gasteiger partial charge in [-0.2, -0.15) is 0 Å². The van der Waals surface area contributed by atoms with E-state index in [1.807, 2.05) is 18.2 Å². The fourth-order valence-corrected chi connectivity index (χ4v) is 4.63. The Labute approximate surface area is 186 Å². The topological polar surface area (TPSA) is 95.1 Å². The summed E-state index contributed by atoms with van der Waals surface area (Å²) in [5.41, 5.74) is 4.22. The van der Waals surface area contributed by atoms with Gasteiger partial charge in [-0.15, -0.1) is 0 Å². The lowest BCUT2D eigenvalue weighted by atomic mass is 10.1. The summed E-state index contributed by atoms with van der Waals surface area (Å²) < 4.78 is 9.96. The van der Waals surface area contributed by atoms with Gasteiger partial charge < -0.3 is 19.0 Å². The number of imidazole rings is 1. The van der Waals surface area contributed by atoms with E-state index in [0.717, 1.165) is 33.5 Å². The third kappa shape index (κ3) is 2.84. The average molecular weight is 446 g/mol. The third-order valence-corrected chi connectivity index (χ3v) is 5.99. The van der Waals surface area contributed by atoms with E-state index in [9.17, 15) is 9.90 Å². The predicted octanol–water partition coefficient (Wildman–Crippen LogP) is 4.24. The Morgan fingerprint density at radius 3 is 2.81 bits per heavy atom. The Morgan fingerprint density at radius 1 is 1.16 bits per heavy atom. The average Bonchev–Trinajstić information content (AvgIpc) is 3.35. The Balaban J connectivity index is 1.64. The molecular formula is C23H16ClN5O3. The minimum atomic E-state index is -1.02. The number of rotatable bonds is 4. The lowest BCUT2D eigenvalue weighted by molar-refractivity contribution is 0.0696. The zero-order chi connectivity index (χ0) is 21.8. The first kappa shape index (κ1) is 18.8. The largest absolute Gasteiger partial charge is 0.489 e. The van der Waals surface area contributed by atoms with Crippen molar-refractivity contribution in [2.75, 3.05) is 6.61 Å². The summed E-state index contributed by atoms with van der Waals surface area (Å²) in [5, 5.41) is 11.1. The van der Waals surface area contributed by atoms with Crippen LogP contribution < -0.4 is 4.74 Å². The molecule has 1 aliphatic heterocycles. The van der Waals surface area contributed by atoms with E-state index in [1.54, 1.807) is 24.5 Å². The summed E-state index contributed by atoms with van der Waals surface area (Å²) >= 11 is 6.61. The summed E-state index contributed by atoms with van der Waals surface area (Å²) in [7, 11) is 0. The van der Waals surface area contributed by atoms with E-state index >= 15 is 0 Å². The minimum absolute atomic E-state index is 0.149. The predicted molar refractivity (Wildman–Crippen MR) is 119 cm³/mol. The van der Waals surface area contributed by atoms with Crippen LogP contribution in [0.2, 0.25) is 5.02 Å². The maximum absolute atomic E-state index is 11.6. The van der Waals surface area contributed by atoms with Crippen molar-refractivity contribution >= 4 is 39.5 Å². The van der Waals surface area contributed by atoms with E-state index in [4.69, 9.17) is 21.3 Å². The number of carboxylic acids is 1. The molecule has 1 aliphatic rings. The first-order chi connectivity index (χ1) is 15.6. The van der Waals surface area contributed by atoms with Gasteiger partial charge in [0.15, 0.2) is 5.82 Å². The van der Waals surface area contributed by atoms with Gasteiger partial charge in [0.25, 0.3) is 0 Å². The molecule has 0 radical (unpaired) electrons. The Hall–Kier alpha value is -3.91. The molecule has 5 aromatic rings. The van der Waals surface area contributed by atoms with Crippen LogP contribution in [0.5, 0.6) is 5.75 Å². The van der Waals surface area contributed by atoms with Crippen LogP contribution in [0, 0.1) is 0 Å². The normalized spacial score (nSPS) is 12.9. The highest BCUT2D eigenvalue weighted by Crippen LogP contribution is 2.38. The molecule has 3 aromatic heterocycles. The molecule has 0 spiro atoms. The van der Waals surface area contributed by atoms with Crippen LogP contribution in [0.3, 0.4) is 0 Å². The number of carboxylic acid groups (broad SMARTS) is 1. The molecular weight excluding hydrogens is 430 g/mol. The van der Waals surface area contributed by atoms with Crippen molar-refractivity contribution in [1.29, 1.82) is 0 Å². The quantitative estimate of drug-likeness (QED) is 0.444. The highest BCUT2D eigenvalue weighted by atomic mass is 35.5. The van der Waals surface area contributed by atoms with E-state index in [1.165, 1.54) is 6.33 Å². The molecule has 6 rings (SSSR count). The highest BCUT2D eigenvalue weighted by Gasteiger charge is 2.25. The van der Waals surface area contributed by atoms with Crippen LogP contribution in [0.25, 0.3) is 33.5 Å². The molecule has 0 bridgehead atoms. The first-order valence-electron chi connectivity index (χ1n) is 10.0. The molecule has 32 heavy (non-hydrogen) atoms. The van der Waals surface area contributed by atoms with Gasteiger partial charge in [0.2, 0.25) is 0 Å². The second kappa shape index (κ2) is 7.06. The number of halogens is 1. The molecule has 4 heterocycles. The van der Waals surface area contributed by atoms with Crippen molar-refractivity contribution in [3.05, 3.63) is 71.3 Å². The first-order valence-corrected chi connectivity index (χ1v) is 10.4. The molecule has 0 fully saturated rings. The third-order valence-electron chi connectivity index (χ3n) is 5.68. The van der Waals surface area contributed by atoms with Crippen molar-refractivity contribution in [2.45, 2.75) is 13.1 Å². The number of fused-ring (bicyclic) bond motifs is 1. The standard InChI is InChI=1S/C23H16ClN5O3/c24-16-3-1-2-14-7-18(29(20(14)16)11-13-9-25-12-26-10-13)22-27-17-6-15(23(30)31)8-19-21(17)28(22)4-5-32-19/h1-3,6-10,12H,4-5,11H2,(H,30,31). The van der Waals surface area contributed by atoms with Crippen molar-refractivity contribution in [2.24, 2.45) is 0 Å². The number of hydrogen-bond acceptors (Lipinski definition) is 5. The number of nitrogens with zero attached hydrogens (tertiary/aromatic N) is 5. The molecule has 9 heteroatoms. The van der Waals surface area contributed by atoms with E-state index in [2.05, 4.69) is 25.2 Å². The number of para-hydroxylation sites is 1. The number of carbonyl (C=O) groups is 1. The van der Waals surface area contributed by atoms with Gasteiger partial charge >= 0.3 is 5.97 Å². The number of aromatic carboxylic acids is 1. The lowest BCUT2D eigenvalue weighted by Crippen LogP contribution is -2.16.